The van der Waals surface area contributed by atoms with E-state index >= 15 is 0 Å². The summed E-state index contributed by atoms with van der Waals surface area (Å²) in [5.74, 6) is -0.285. The molecule has 1 aromatic rings. The molecule has 0 saturated heterocycles. The van der Waals surface area contributed by atoms with Crippen LogP contribution in [-0.4, -0.2) is 29.3 Å². The number of benzene rings is 1. The highest BCUT2D eigenvalue weighted by molar-refractivity contribution is 5.86. The van der Waals surface area contributed by atoms with E-state index in [-0.39, 0.29) is 23.2 Å². The van der Waals surface area contributed by atoms with Crippen LogP contribution in [0.2, 0.25) is 0 Å². The van der Waals surface area contributed by atoms with Crippen LogP contribution in [-0.2, 0) is 4.79 Å². The Labute approximate surface area is 106 Å². The summed E-state index contributed by atoms with van der Waals surface area (Å²) in [4.78, 5) is 10.8. The zero-order valence-corrected chi connectivity index (χ0v) is 10.1. The van der Waals surface area contributed by atoms with Gasteiger partial charge in [-0.2, -0.15) is 0 Å². The minimum absolute atomic E-state index is 0.0880. The van der Waals surface area contributed by atoms with Crippen molar-refractivity contribution in [3.63, 3.8) is 0 Å². The minimum Gasteiger partial charge on any atom is -0.504 e. The number of phenols is 2. The quantitative estimate of drug-likeness (QED) is 0.507. The second-order valence-electron chi connectivity index (χ2n) is 3.68. The summed E-state index contributed by atoms with van der Waals surface area (Å²) in [7, 11) is 0. The van der Waals surface area contributed by atoms with Gasteiger partial charge in [-0.3, -0.25) is 4.79 Å². The fourth-order valence-corrected chi connectivity index (χ4v) is 1.35. The molecule has 0 heterocycles. The second-order valence-corrected chi connectivity index (χ2v) is 3.68. The maximum Gasteiger partial charge on any atom is 0.243 e. The van der Waals surface area contributed by atoms with Crippen molar-refractivity contribution in [2.45, 2.75) is 12.8 Å². The topological polar surface area (TPSA) is 78.8 Å². The Bertz CT molecular complexity index is 397. The van der Waals surface area contributed by atoms with Gasteiger partial charge in [0, 0.05) is 6.54 Å². The molecule has 5 nitrogen and oxygen atoms in total. The third-order valence-electron chi connectivity index (χ3n) is 2.28. The van der Waals surface area contributed by atoms with Gasteiger partial charge in [-0.05, 0) is 31.1 Å². The van der Waals surface area contributed by atoms with Crippen LogP contribution in [0, 0.1) is 0 Å². The molecular formula is C13H17NO4. The summed E-state index contributed by atoms with van der Waals surface area (Å²) in [6, 6.07) is 4.42. The molecule has 0 saturated carbocycles. The largest absolute Gasteiger partial charge is 0.504 e. The van der Waals surface area contributed by atoms with Crippen LogP contribution in [0.3, 0.4) is 0 Å². The highest BCUT2D eigenvalue weighted by Gasteiger charge is 2.07. The Kier molecular flexibility index (Phi) is 5.57. The first-order valence-electron chi connectivity index (χ1n) is 5.69. The van der Waals surface area contributed by atoms with E-state index in [2.05, 4.69) is 11.9 Å². The number of unbranched alkanes of at least 4 members (excludes halogenated alkanes) is 1. The second kappa shape index (κ2) is 7.21. The molecular weight excluding hydrogens is 234 g/mol. The van der Waals surface area contributed by atoms with Gasteiger partial charge in [-0.1, -0.05) is 12.6 Å². The number of carbonyl (C=O) groups is 1. The molecule has 1 aromatic carbocycles. The average molecular weight is 251 g/mol. The van der Waals surface area contributed by atoms with Crippen molar-refractivity contribution in [1.29, 1.82) is 0 Å². The molecule has 0 aromatic heterocycles. The number of phenolic OH excluding ortho intramolecular Hbond substituents is 2. The van der Waals surface area contributed by atoms with Crippen molar-refractivity contribution < 1.29 is 19.7 Å². The van der Waals surface area contributed by atoms with E-state index in [1.165, 1.54) is 24.3 Å². The van der Waals surface area contributed by atoms with Gasteiger partial charge in [-0.15, -0.1) is 0 Å². The zero-order valence-electron chi connectivity index (χ0n) is 10.1. The number of aromatic hydroxyl groups is 2. The summed E-state index contributed by atoms with van der Waals surface area (Å²) in [6.45, 7) is 4.24. The predicted molar refractivity (Wildman–Crippen MR) is 67.7 cm³/mol. The number of nitrogens with one attached hydrogen (secondary N) is 1. The molecule has 1 rings (SSSR count). The summed E-state index contributed by atoms with van der Waals surface area (Å²) < 4.78 is 5.27. The third-order valence-corrected chi connectivity index (χ3v) is 2.28. The highest BCUT2D eigenvalue weighted by Crippen LogP contribution is 2.34. The molecule has 1 amide bonds. The average Bonchev–Trinajstić information content (AvgIpc) is 2.36. The van der Waals surface area contributed by atoms with Crippen LogP contribution in [0.4, 0.5) is 0 Å². The van der Waals surface area contributed by atoms with E-state index in [9.17, 15) is 15.0 Å². The highest BCUT2D eigenvalue weighted by atomic mass is 16.5. The smallest absolute Gasteiger partial charge is 0.243 e. The number of rotatable bonds is 7. The van der Waals surface area contributed by atoms with Crippen molar-refractivity contribution in [3.05, 3.63) is 30.9 Å². The fourth-order valence-electron chi connectivity index (χ4n) is 1.35. The van der Waals surface area contributed by atoms with E-state index < -0.39 is 0 Å². The van der Waals surface area contributed by atoms with Gasteiger partial charge < -0.3 is 20.3 Å². The van der Waals surface area contributed by atoms with Gasteiger partial charge in [-0.25, -0.2) is 0 Å². The Morgan fingerprint density at radius 3 is 2.61 bits per heavy atom. The Morgan fingerprint density at radius 2 is 2.00 bits per heavy atom. The van der Waals surface area contributed by atoms with Crippen LogP contribution in [0.5, 0.6) is 17.2 Å². The normalized spacial score (nSPS) is 9.78. The lowest BCUT2D eigenvalue weighted by Gasteiger charge is -2.09. The van der Waals surface area contributed by atoms with Gasteiger partial charge in [0.1, 0.15) is 0 Å². The Balaban J connectivity index is 2.22. The number of amides is 1. The van der Waals surface area contributed by atoms with E-state index in [4.69, 9.17) is 4.74 Å². The molecule has 0 aliphatic heterocycles. The third kappa shape index (κ3) is 4.37. The van der Waals surface area contributed by atoms with E-state index in [1.807, 2.05) is 0 Å². The Hall–Kier alpha value is -2.17. The standard InChI is InChI=1S/C13H17NO4/c1-2-12(17)14-8-3-4-9-18-13-10(15)6-5-7-11(13)16/h2,5-7,15-16H,1,3-4,8-9H2,(H,14,17). The molecule has 0 radical (unpaired) electrons. The molecule has 0 bridgehead atoms. The van der Waals surface area contributed by atoms with Gasteiger partial charge in [0.05, 0.1) is 6.61 Å². The van der Waals surface area contributed by atoms with Crippen LogP contribution in [0.15, 0.2) is 30.9 Å². The van der Waals surface area contributed by atoms with Crippen LogP contribution in [0.1, 0.15) is 12.8 Å². The van der Waals surface area contributed by atoms with Crippen LogP contribution >= 0.6 is 0 Å². The zero-order chi connectivity index (χ0) is 13.4. The lowest BCUT2D eigenvalue weighted by molar-refractivity contribution is -0.116. The predicted octanol–water partition coefficient (Wildman–Crippen LogP) is 1.56. The van der Waals surface area contributed by atoms with Crippen molar-refractivity contribution in [2.24, 2.45) is 0 Å². The first-order chi connectivity index (χ1) is 8.65. The van der Waals surface area contributed by atoms with Crippen LogP contribution in [0.25, 0.3) is 0 Å². The maximum absolute atomic E-state index is 10.8. The van der Waals surface area contributed by atoms with Gasteiger partial charge in [0.2, 0.25) is 11.7 Å². The summed E-state index contributed by atoms with van der Waals surface area (Å²) >= 11 is 0. The lowest BCUT2D eigenvalue weighted by Crippen LogP contribution is -2.22. The number of hydrogen-bond donors (Lipinski definition) is 3. The minimum atomic E-state index is -0.200. The number of hydrogen-bond acceptors (Lipinski definition) is 4. The first-order valence-corrected chi connectivity index (χ1v) is 5.69. The van der Waals surface area contributed by atoms with E-state index in [0.717, 1.165) is 6.42 Å². The molecule has 18 heavy (non-hydrogen) atoms. The molecule has 98 valence electrons. The number of para-hydroxylation sites is 1. The molecule has 0 spiro atoms. The van der Waals surface area contributed by atoms with E-state index in [1.54, 1.807) is 0 Å². The molecule has 0 atom stereocenters. The number of carbonyl (C=O) groups excluding carboxylic acids is 1. The SMILES string of the molecule is C=CC(=O)NCCCCOc1c(O)cccc1O. The molecule has 0 aliphatic rings. The maximum atomic E-state index is 10.8. The van der Waals surface area contributed by atoms with Crippen molar-refractivity contribution >= 4 is 5.91 Å². The molecule has 3 N–H and O–H groups in total. The fraction of sp³-hybridized carbons (Fsp3) is 0.308. The van der Waals surface area contributed by atoms with Crippen molar-refractivity contribution in [2.75, 3.05) is 13.2 Å². The van der Waals surface area contributed by atoms with E-state index in [0.29, 0.717) is 19.6 Å². The Morgan fingerprint density at radius 1 is 1.33 bits per heavy atom. The van der Waals surface area contributed by atoms with Crippen molar-refractivity contribution in [1.82, 2.24) is 5.32 Å². The monoisotopic (exact) mass is 251 g/mol. The summed E-state index contributed by atoms with van der Waals surface area (Å²) in [6.07, 6.45) is 2.66. The van der Waals surface area contributed by atoms with Crippen LogP contribution < -0.4 is 10.1 Å². The summed E-state index contributed by atoms with van der Waals surface area (Å²) in [5, 5.41) is 21.5. The molecule has 0 fully saturated rings. The molecule has 5 heteroatoms. The van der Waals surface area contributed by atoms with Gasteiger partial charge >= 0.3 is 0 Å². The molecule has 0 aliphatic carbocycles. The number of ether oxygens (including phenoxy) is 1. The van der Waals surface area contributed by atoms with Gasteiger partial charge in [0.15, 0.2) is 11.5 Å². The first kappa shape index (κ1) is 13.9. The van der Waals surface area contributed by atoms with Gasteiger partial charge in [0.25, 0.3) is 0 Å². The lowest BCUT2D eigenvalue weighted by atomic mass is 10.3. The summed E-state index contributed by atoms with van der Waals surface area (Å²) in [5.41, 5.74) is 0. The van der Waals surface area contributed by atoms with Crippen molar-refractivity contribution in [3.8, 4) is 17.2 Å². The molecule has 0 unspecified atom stereocenters.